The van der Waals surface area contributed by atoms with Gasteiger partial charge in [0.15, 0.2) is 11.5 Å². The van der Waals surface area contributed by atoms with Gasteiger partial charge in [-0.2, -0.15) is 5.21 Å². The molecule has 0 aromatic carbocycles. The maximum Gasteiger partial charge on any atom is 0.328 e. The highest BCUT2D eigenvalue weighted by Gasteiger charge is 2.36. The molecule has 0 aliphatic carbocycles. The number of carbonyl (C=O) groups is 2. The summed E-state index contributed by atoms with van der Waals surface area (Å²) in [6.07, 6.45) is 1.35. The normalized spacial score (nSPS) is 19.4. The second kappa shape index (κ2) is 4.40. The smallest absolute Gasteiger partial charge is 0.328 e. The number of likely N-dealkylation sites (tertiary alicyclic amines) is 1. The zero-order chi connectivity index (χ0) is 12.4. The van der Waals surface area contributed by atoms with Crippen LogP contribution in [0.1, 0.15) is 23.3 Å². The first-order valence-electron chi connectivity index (χ1n) is 5.20. The average Bonchev–Trinajstić information content (AvgIpc) is 2.95. The maximum atomic E-state index is 12.1. The molecule has 3 N–H and O–H groups in total. The number of H-pyrrole nitrogens is 1. The first-order chi connectivity index (χ1) is 8.15. The molecular weight excluding hydrogens is 226 g/mol. The van der Waals surface area contributed by atoms with Crippen molar-refractivity contribution in [3.63, 3.8) is 0 Å². The highest BCUT2D eigenvalue weighted by Crippen LogP contribution is 2.21. The van der Waals surface area contributed by atoms with Crippen molar-refractivity contribution in [2.45, 2.75) is 18.9 Å². The van der Waals surface area contributed by atoms with Crippen molar-refractivity contribution in [1.82, 2.24) is 20.3 Å². The summed E-state index contributed by atoms with van der Waals surface area (Å²) in [4.78, 5) is 25.0. The molecule has 0 saturated carbocycles. The van der Waals surface area contributed by atoms with Gasteiger partial charge in [-0.3, -0.25) is 4.79 Å². The summed E-state index contributed by atoms with van der Waals surface area (Å²) < 4.78 is 4.65. The quantitative estimate of drug-likeness (QED) is 0.651. The Labute approximate surface area is 97.1 Å². The number of hydrogen-bond acceptors (Lipinski definition) is 6. The summed E-state index contributed by atoms with van der Waals surface area (Å²) >= 11 is 0. The molecule has 1 aliphatic heterocycles. The van der Waals surface area contributed by atoms with Crippen LogP contribution in [0.2, 0.25) is 0 Å². The number of nitrogens with one attached hydrogen (secondary N) is 1. The van der Waals surface area contributed by atoms with Gasteiger partial charge in [0.1, 0.15) is 6.04 Å². The molecule has 8 heteroatoms. The number of nitrogens with zero attached hydrogens (tertiary/aromatic N) is 3. The van der Waals surface area contributed by atoms with Crippen molar-refractivity contribution in [3.05, 3.63) is 5.69 Å². The zero-order valence-corrected chi connectivity index (χ0v) is 9.34. The maximum absolute atomic E-state index is 12.1. The molecular formula is C9H13N5O3. The minimum Gasteiger partial charge on any atom is -0.467 e. The molecule has 0 bridgehead atoms. The van der Waals surface area contributed by atoms with Crippen LogP contribution in [0, 0.1) is 0 Å². The van der Waals surface area contributed by atoms with Crippen LogP contribution >= 0.6 is 0 Å². The molecule has 2 rings (SSSR count). The minimum atomic E-state index is -0.552. The van der Waals surface area contributed by atoms with E-state index in [4.69, 9.17) is 5.73 Å². The van der Waals surface area contributed by atoms with Crippen molar-refractivity contribution in [2.75, 3.05) is 19.4 Å². The Morgan fingerprint density at radius 3 is 2.88 bits per heavy atom. The molecule has 1 aromatic heterocycles. The van der Waals surface area contributed by atoms with Crippen molar-refractivity contribution in [1.29, 1.82) is 0 Å². The fraction of sp³-hybridized carbons (Fsp3) is 0.556. The Balaban J connectivity index is 2.19. The van der Waals surface area contributed by atoms with E-state index in [1.165, 1.54) is 12.0 Å². The molecule has 2 heterocycles. The molecule has 1 saturated heterocycles. The molecule has 1 atom stereocenters. The summed E-state index contributed by atoms with van der Waals surface area (Å²) in [6.45, 7) is 0.491. The van der Waals surface area contributed by atoms with Crippen LogP contribution in [0.25, 0.3) is 0 Å². The molecule has 8 nitrogen and oxygen atoms in total. The van der Waals surface area contributed by atoms with Crippen LogP contribution in [-0.2, 0) is 9.53 Å². The number of amides is 1. The Morgan fingerprint density at radius 2 is 2.29 bits per heavy atom. The summed E-state index contributed by atoms with van der Waals surface area (Å²) in [5.41, 5.74) is 5.54. The number of methoxy groups -OCH3 is 1. The van der Waals surface area contributed by atoms with Gasteiger partial charge in [0.05, 0.1) is 7.11 Å². The van der Waals surface area contributed by atoms with Gasteiger partial charge in [-0.1, -0.05) is 0 Å². The van der Waals surface area contributed by atoms with E-state index in [0.717, 1.165) is 6.42 Å². The first kappa shape index (κ1) is 11.4. The number of aromatic nitrogens is 3. The van der Waals surface area contributed by atoms with Gasteiger partial charge in [0, 0.05) is 6.54 Å². The predicted molar refractivity (Wildman–Crippen MR) is 56.9 cm³/mol. The van der Waals surface area contributed by atoms with Crippen molar-refractivity contribution >= 4 is 17.7 Å². The van der Waals surface area contributed by atoms with Gasteiger partial charge >= 0.3 is 5.97 Å². The molecule has 92 valence electrons. The zero-order valence-electron chi connectivity index (χ0n) is 9.34. The van der Waals surface area contributed by atoms with Crippen LogP contribution in [0.15, 0.2) is 0 Å². The second-order valence-corrected chi connectivity index (χ2v) is 3.74. The molecule has 1 unspecified atom stereocenters. The molecule has 1 aromatic rings. The van der Waals surface area contributed by atoms with Gasteiger partial charge in [-0.25, -0.2) is 4.79 Å². The highest BCUT2D eigenvalue weighted by molar-refractivity contribution is 5.98. The van der Waals surface area contributed by atoms with E-state index in [2.05, 4.69) is 20.1 Å². The number of aromatic amines is 1. The molecule has 1 amide bonds. The average molecular weight is 239 g/mol. The van der Waals surface area contributed by atoms with E-state index in [9.17, 15) is 9.59 Å². The molecule has 1 fully saturated rings. The van der Waals surface area contributed by atoms with Crippen LogP contribution in [0.5, 0.6) is 0 Å². The monoisotopic (exact) mass is 239 g/mol. The standard InChI is InChI=1S/C9H13N5O3/c1-17-9(16)5-3-2-4-14(5)8(15)6-7(10)12-13-11-6/h5H,2-4H2,1H3,(H3,10,11,12,13). The second-order valence-electron chi connectivity index (χ2n) is 3.74. The van der Waals surface area contributed by atoms with Crippen LogP contribution < -0.4 is 5.73 Å². The Kier molecular flexibility index (Phi) is 2.94. The van der Waals surface area contributed by atoms with E-state index in [0.29, 0.717) is 13.0 Å². The SMILES string of the molecule is COC(=O)C1CCCN1C(=O)c1n[nH]nc1N. The number of carbonyl (C=O) groups excluding carboxylic acids is 2. The number of hydrogen-bond donors (Lipinski definition) is 2. The van der Waals surface area contributed by atoms with E-state index in [1.807, 2.05) is 0 Å². The van der Waals surface area contributed by atoms with E-state index in [1.54, 1.807) is 0 Å². The van der Waals surface area contributed by atoms with E-state index >= 15 is 0 Å². The van der Waals surface area contributed by atoms with Gasteiger partial charge < -0.3 is 15.4 Å². The minimum absolute atomic E-state index is 0.0329. The lowest BCUT2D eigenvalue weighted by Crippen LogP contribution is -2.41. The van der Waals surface area contributed by atoms with E-state index in [-0.39, 0.29) is 11.5 Å². The summed E-state index contributed by atoms with van der Waals surface area (Å²) in [7, 11) is 1.30. The summed E-state index contributed by atoms with van der Waals surface area (Å²) in [5, 5.41) is 9.52. The third-order valence-corrected chi connectivity index (χ3v) is 2.76. The lowest BCUT2D eigenvalue weighted by molar-refractivity contribution is -0.145. The fourth-order valence-corrected chi connectivity index (χ4v) is 1.92. The Bertz CT molecular complexity index is 444. The number of esters is 1. The van der Waals surface area contributed by atoms with Gasteiger partial charge in [-0.15, -0.1) is 10.2 Å². The number of rotatable bonds is 2. The summed E-state index contributed by atoms with van der Waals surface area (Å²) in [5.74, 6) is -0.785. The van der Waals surface area contributed by atoms with Crippen LogP contribution in [0.4, 0.5) is 5.82 Å². The lowest BCUT2D eigenvalue weighted by atomic mass is 10.2. The van der Waals surface area contributed by atoms with Gasteiger partial charge in [0.25, 0.3) is 5.91 Å². The highest BCUT2D eigenvalue weighted by atomic mass is 16.5. The topological polar surface area (TPSA) is 114 Å². The summed E-state index contributed by atoms with van der Waals surface area (Å²) in [6, 6.07) is -0.552. The predicted octanol–water partition coefficient (Wildman–Crippen LogP) is -0.835. The Morgan fingerprint density at radius 1 is 1.53 bits per heavy atom. The largest absolute Gasteiger partial charge is 0.467 e. The number of nitrogen functional groups attached to an aromatic ring is 1. The molecule has 0 radical (unpaired) electrons. The number of anilines is 1. The molecule has 17 heavy (non-hydrogen) atoms. The Hall–Kier alpha value is -2.12. The first-order valence-corrected chi connectivity index (χ1v) is 5.20. The van der Waals surface area contributed by atoms with Gasteiger partial charge in [-0.05, 0) is 12.8 Å². The third kappa shape index (κ3) is 1.93. The van der Waals surface area contributed by atoms with Crippen molar-refractivity contribution in [3.8, 4) is 0 Å². The third-order valence-electron chi connectivity index (χ3n) is 2.76. The number of ether oxygens (including phenoxy) is 1. The van der Waals surface area contributed by atoms with Crippen molar-refractivity contribution in [2.24, 2.45) is 0 Å². The van der Waals surface area contributed by atoms with Gasteiger partial charge in [0.2, 0.25) is 0 Å². The lowest BCUT2D eigenvalue weighted by Gasteiger charge is -2.21. The molecule has 0 spiro atoms. The van der Waals surface area contributed by atoms with Crippen LogP contribution in [-0.4, -0.2) is 51.9 Å². The fourth-order valence-electron chi connectivity index (χ4n) is 1.92. The van der Waals surface area contributed by atoms with E-state index < -0.39 is 17.9 Å². The number of nitrogens with two attached hydrogens (primary N) is 1. The molecule has 1 aliphatic rings. The van der Waals surface area contributed by atoms with Crippen molar-refractivity contribution < 1.29 is 14.3 Å². The van der Waals surface area contributed by atoms with Crippen LogP contribution in [0.3, 0.4) is 0 Å².